The van der Waals surface area contributed by atoms with Gasteiger partial charge in [-0.1, -0.05) is 12.2 Å². The van der Waals surface area contributed by atoms with E-state index in [1.165, 1.54) is 25.9 Å². The Balaban J connectivity index is -0.000000266. The number of hydrogen-bond donors (Lipinski definition) is 0. The summed E-state index contributed by atoms with van der Waals surface area (Å²) in [6.45, 7) is 9.83. The monoisotopic (exact) mass is 318 g/mol. The van der Waals surface area contributed by atoms with E-state index in [0.717, 1.165) is 21.8 Å². The van der Waals surface area contributed by atoms with Crippen LogP contribution in [0.25, 0.3) is 0 Å². The summed E-state index contributed by atoms with van der Waals surface area (Å²) in [6, 6.07) is 0. The molecule has 0 saturated carbocycles. The zero-order chi connectivity index (χ0) is 18.2. The summed E-state index contributed by atoms with van der Waals surface area (Å²) in [5.74, 6) is 0. The van der Waals surface area contributed by atoms with Crippen LogP contribution in [0.5, 0.6) is 0 Å². The molecule has 0 heterocycles. The quantitative estimate of drug-likeness (QED) is 0.290. The van der Waals surface area contributed by atoms with Crippen molar-refractivity contribution < 1.29 is 23.3 Å². The molecule has 0 amide bonds. The lowest BCUT2D eigenvalue weighted by atomic mass is 10.3. The molecule has 0 aromatic carbocycles. The van der Waals surface area contributed by atoms with E-state index in [0.29, 0.717) is 0 Å². The first-order valence-electron chi connectivity index (χ1n) is 7.64. The summed E-state index contributed by atoms with van der Waals surface area (Å²) < 4.78 is 12.0. The molecule has 0 atom stereocenters. The maximum absolute atomic E-state index is 9.89. The van der Waals surface area contributed by atoms with Crippen LogP contribution >= 0.6 is 0 Å². The van der Waals surface area contributed by atoms with Crippen LogP contribution in [0.2, 0.25) is 0 Å². The van der Waals surface area contributed by atoms with Gasteiger partial charge in [-0.3, -0.25) is 0 Å². The molecule has 0 aromatic rings. The summed E-state index contributed by atoms with van der Waals surface area (Å²) in [5.41, 5.74) is 0. The number of halogens is 1. The average molecular weight is 318 g/mol. The van der Waals surface area contributed by atoms with E-state index < -0.39 is 7.40 Å². The normalized spacial score (nSPS) is 10.6. The second-order valence-corrected chi connectivity index (χ2v) is 7.16. The van der Waals surface area contributed by atoms with Crippen molar-refractivity contribution >= 4 is 7.40 Å². The number of hydrogen-bond acceptors (Lipinski definition) is 2. The molecule has 0 fully saturated rings. The summed E-state index contributed by atoms with van der Waals surface area (Å²) >= 11 is 0. The first kappa shape index (κ1) is 26.2. The smallest absolute Gasteiger partial charge is 0.121 e. The van der Waals surface area contributed by atoms with Gasteiger partial charge in [0, 0.05) is 0 Å². The minimum absolute atomic E-state index is 1.06. The Morgan fingerprint density at radius 1 is 0.818 bits per heavy atom. The Morgan fingerprint density at radius 2 is 1.05 bits per heavy atom. The maximum Gasteiger partial charge on any atom is 0.121 e. The minimum Gasteiger partial charge on any atom is -0.867 e. The summed E-state index contributed by atoms with van der Waals surface area (Å²) in [5, 5.41) is 16.6. The summed E-state index contributed by atoms with van der Waals surface area (Å²) in [7, 11) is 10.1. The third-order valence-corrected chi connectivity index (χ3v) is 2.47. The van der Waals surface area contributed by atoms with Gasteiger partial charge in [-0.05, 0) is 25.7 Å². The Bertz CT molecular complexity index is 235. The molecule has 0 aliphatic rings. The van der Waals surface area contributed by atoms with E-state index in [1.807, 2.05) is 12.2 Å². The lowest BCUT2D eigenvalue weighted by molar-refractivity contribution is -0.870. The van der Waals surface area contributed by atoms with Crippen LogP contribution in [0.15, 0.2) is 25.3 Å². The van der Waals surface area contributed by atoms with Crippen molar-refractivity contribution in [1.82, 2.24) is 0 Å². The molecule has 6 heteroatoms. The third kappa shape index (κ3) is 50.6. The van der Waals surface area contributed by atoms with Crippen LogP contribution in [0, 0.1) is 0 Å². The van der Waals surface area contributed by atoms with Gasteiger partial charge < -0.3 is 23.3 Å². The molecule has 4 nitrogen and oxygen atoms in total. The SMILES string of the molecule is C=CCCC[N+](C)(C)C.C=CCCC[N+](C)(C)C.[O-]B([O-])F. The lowest BCUT2D eigenvalue weighted by Crippen LogP contribution is -2.39. The summed E-state index contributed by atoms with van der Waals surface area (Å²) in [4.78, 5) is 0. The molecule has 0 radical (unpaired) electrons. The molecule has 0 spiro atoms. The van der Waals surface area contributed by atoms with Gasteiger partial charge in [-0.15, -0.1) is 13.2 Å². The van der Waals surface area contributed by atoms with E-state index >= 15 is 0 Å². The van der Waals surface area contributed by atoms with E-state index in [2.05, 4.69) is 55.4 Å². The molecule has 0 aliphatic carbocycles. The molecule has 0 saturated heterocycles. The van der Waals surface area contributed by atoms with E-state index in [9.17, 15) is 4.32 Å². The van der Waals surface area contributed by atoms with Gasteiger partial charge in [-0.2, -0.15) is 0 Å². The molecular weight excluding hydrogens is 282 g/mol. The fourth-order valence-corrected chi connectivity index (χ4v) is 1.42. The number of unbranched alkanes of at least 4 members (excludes halogenated alkanes) is 2. The predicted molar refractivity (Wildman–Crippen MR) is 91.5 cm³/mol. The zero-order valence-electron chi connectivity index (χ0n) is 15.5. The maximum atomic E-state index is 9.89. The zero-order valence-corrected chi connectivity index (χ0v) is 15.5. The molecule has 132 valence electrons. The van der Waals surface area contributed by atoms with Crippen molar-refractivity contribution in [3.8, 4) is 0 Å². The van der Waals surface area contributed by atoms with Crippen molar-refractivity contribution in [3.63, 3.8) is 0 Å². The minimum atomic E-state index is -3.17. The molecule has 22 heavy (non-hydrogen) atoms. The Hall–Kier alpha value is -0.685. The van der Waals surface area contributed by atoms with Gasteiger partial charge in [0.25, 0.3) is 0 Å². The molecule has 0 aliphatic heterocycles. The first-order chi connectivity index (χ1) is 9.85. The van der Waals surface area contributed by atoms with Crippen LogP contribution in [0.4, 0.5) is 4.32 Å². The molecule has 0 rings (SSSR count). The highest BCUT2D eigenvalue weighted by Crippen LogP contribution is 1.97. The number of quaternary nitrogens is 2. The predicted octanol–water partition coefficient (Wildman–Crippen LogP) is 0.979. The van der Waals surface area contributed by atoms with E-state index in [-0.39, 0.29) is 0 Å². The van der Waals surface area contributed by atoms with E-state index in [4.69, 9.17) is 10.0 Å². The van der Waals surface area contributed by atoms with Gasteiger partial charge in [0.2, 0.25) is 0 Å². The molecule has 0 N–H and O–H groups in total. The van der Waals surface area contributed by atoms with Crippen LogP contribution in [-0.2, 0) is 0 Å². The standard InChI is InChI=1S/2C8H18N.BFO2/c2*1-5-6-7-8-9(2,3)4;2-1(3)4/h2*5H,1,6-8H2,2-4H3;/q2*+1;-2. The van der Waals surface area contributed by atoms with Crippen molar-refractivity contribution in [2.24, 2.45) is 0 Å². The molecular formula is C16H36BFN2O2. The van der Waals surface area contributed by atoms with Crippen molar-refractivity contribution in [2.45, 2.75) is 25.7 Å². The highest BCUT2D eigenvalue weighted by Gasteiger charge is 2.04. The van der Waals surface area contributed by atoms with Gasteiger partial charge in [0.1, 0.15) is 7.40 Å². The molecule has 0 bridgehead atoms. The van der Waals surface area contributed by atoms with Gasteiger partial charge in [0.05, 0.1) is 55.4 Å². The molecule has 0 aromatic heterocycles. The fraction of sp³-hybridized carbons (Fsp3) is 0.750. The second kappa shape index (κ2) is 15.2. The summed E-state index contributed by atoms with van der Waals surface area (Å²) in [6.07, 6.45) is 8.77. The van der Waals surface area contributed by atoms with Crippen LogP contribution in [0.1, 0.15) is 25.7 Å². The lowest BCUT2D eigenvalue weighted by Gasteiger charge is -2.23. The van der Waals surface area contributed by atoms with Crippen molar-refractivity contribution in [2.75, 3.05) is 55.4 Å². The van der Waals surface area contributed by atoms with Gasteiger partial charge >= 0.3 is 0 Å². The highest BCUT2D eigenvalue weighted by molar-refractivity contribution is 6.27. The number of nitrogens with zero attached hydrogens (tertiary/aromatic N) is 2. The Kier molecular flexibility index (Phi) is 18.1. The van der Waals surface area contributed by atoms with Gasteiger partial charge in [0.15, 0.2) is 0 Å². The average Bonchev–Trinajstić information content (AvgIpc) is 2.26. The van der Waals surface area contributed by atoms with Crippen LogP contribution in [-0.4, -0.2) is 71.7 Å². The third-order valence-electron chi connectivity index (χ3n) is 2.47. The Morgan fingerprint density at radius 3 is 1.18 bits per heavy atom. The highest BCUT2D eigenvalue weighted by atomic mass is 19.1. The Labute approximate surface area is 137 Å². The molecule has 0 unspecified atom stereocenters. The van der Waals surface area contributed by atoms with Crippen LogP contribution in [0.3, 0.4) is 0 Å². The largest absolute Gasteiger partial charge is 0.867 e. The number of allylic oxidation sites excluding steroid dienone is 2. The van der Waals surface area contributed by atoms with E-state index in [1.54, 1.807) is 0 Å². The second-order valence-electron chi connectivity index (χ2n) is 7.16. The van der Waals surface area contributed by atoms with Crippen molar-refractivity contribution in [3.05, 3.63) is 25.3 Å². The van der Waals surface area contributed by atoms with Crippen molar-refractivity contribution in [1.29, 1.82) is 0 Å². The fourth-order valence-electron chi connectivity index (χ4n) is 1.42. The topological polar surface area (TPSA) is 46.1 Å². The van der Waals surface area contributed by atoms with Crippen LogP contribution < -0.4 is 10.0 Å². The number of rotatable bonds is 8. The first-order valence-corrected chi connectivity index (χ1v) is 7.64. The van der Waals surface area contributed by atoms with Gasteiger partial charge in [-0.25, -0.2) is 0 Å².